The van der Waals surface area contributed by atoms with E-state index in [1.54, 1.807) is 45.0 Å². The third-order valence-electron chi connectivity index (χ3n) is 3.45. The number of hydrogen-bond donors (Lipinski definition) is 1. The first kappa shape index (κ1) is 15.8. The zero-order chi connectivity index (χ0) is 15.8. The Labute approximate surface area is 128 Å². The Balaban J connectivity index is 2.46. The highest BCUT2D eigenvalue weighted by molar-refractivity contribution is 6.35. The molecule has 1 aromatic carbocycles. The Bertz CT molecular complexity index is 597. The second kappa shape index (κ2) is 5.67. The van der Waals surface area contributed by atoms with E-state index in [1.165, 1.54) is 7.11 Å². The lowest BCUT2D eigenvalue weighted by Gasteiger charge is -2.32. The summed E-state index contributed by atoms with van der Waals surface area (Å²) in [6, 6.07) is 6.86. The Morgan fingerprint density at radius 1 is 1.33 bits per heavy atom. The van der Waals surface area contributed by atoms with Gasteiger partial charge in [0.15, 0.2) is 6.29 Å². The maximum atomic E-state index is 12.6. The van der Waals surface area contributed by atoms with Crippen molar-refractivity contribution in [2.75, 3.05) is 7.11 Å². The van der Waals surface area contributed by atoms with Crippen molar-refractivity contribution >= 4 is 23.1 Å². The van der Waals surface area contributed by atoms with Crippen molar-refractivity contribution in [2.45, 2.75) is 32.6 Å². The number of halogens is 1. The second-order valence-electron chi connectivity index (χ2n) is 5.27. The largest absolute Gasteiger partial charge is 0.509 e. The number of benzene rings is 1. The van der Waals surface area contributed by atoms with E-state index in [2.05, 4.69) is 0 Å². The van der Waals surface area contributed by atoms with Gasteiger partial charge < -0.3 is 9.84 Å². The first-order valence-corrected chi connectivity index (χ1v) is 6.91. The lowest BCUT2D eigenvalue weighted by atomic mass is 9.99. The minimum Gasteiger partial charge on any atom is -0.509 e. The smallest absolute Gasteiger partial charge is 0.282 e. The summed E-state index contributed by atoms with van der Waals surface area (Å²) in [6.45, 7) is 5.03. The van der Waals surface area contributed by atoms with Crippen molar-refractivity contribution in [3.63, 3.8) is 0 Å². The van der Waals surface area contributed by atoms with Crippen molar-refractivity contribution in [3.05, 3.63) is 40.6 Å². The molecule has 0 saturated carbocycles. The van der Waals surface area contributed by atoms with E-state index in [1.807, 2.05) is 0 Å². The highest BCUT2D eigenvalue weighted by atomic mass is 35.5. The summed E-state index contributed by atoms with van der Waals surface area (Å²) in [5.41, 5.74) is -0.377. The molecular formula is C15H18ClNO4. The molecule has 0 spiro atoms. The van der Waals surface area contributed by atoms with E-state index in [-0.39, 0.29) is 11.3 Å². The van der Waals surface area contributed by atoms with Gasteiger partial charge in [-0.05, 0) is 26.8 Å². The summed E-state index contributed by atoms with van der Waals surface area (Å²) in [5.74, 6) is -0.529. The van der Waals surface area contributed by atoms with Gasteiger partial charge in [-0.2, -0.15) is 0 Å². The van der Waals surface area contributed by atoms with Crippen LogP contribution in [0.3, 0.4) is 0 Å². The van der Waals surface area contributed by atoms with Crippen LogP contribution in [0.2, 0.25) is 5.02 Å². The molecule has 0 radical (unpaired) electrons. The number of aliphatic hydroxyl groups is 1. The first-order valence-electron chi connectivity index (χ1n) is 6.53. The number of amides is 1. The number of hydrogen-bond acceptors (Lipinski definition) is 4. The molecule has 1 atom stereocenters. The number of ether oxygens (including phenoxy) is 1. The van der Waals surface area contributed by atoms with Crippen LogP contribution in [0.1, 0.15) is 26.3 Å². The summed E-state index contributed by atoms with van der Waals surface area (Å²) in [7, 11) is 1.47. The fourth-order valence-electron chi connectivity index (χ4n) is 2.14. The zero-order valence-electron chi connectivity index (χ0n) is 12.4. The van der Waals surface area contributed by atoms with Crippen LogP contribution in [0.15, 0.2) is 30.0 Å². The lowest BCUT2D eigenvalue weighted by molar-refractivity contribution is -0.276. The van der Waals surface area contributed by atoms with Gasteiger partial charge in [0.1, 0.15) is 11.3 Å². The van der Waals surface area contributed by atoms with Crippen LogP contribution < -0.4 is 0 Å². The fourth-order valence-corrected chi connectivity index (χ4v) is 2.37. The maximum Gasteiger partial charge on any atom is 0.282 e. The predicted molar refractivity (Wildman–Crippen MR) is 79.5 cm³/mol. The van der Waals surface area contributed by atoms with Gasteiger partial charge in [0.2, 0.25) is 0 Å². The minimum absolute atomic E-state index is 0.0797. The van der Waals surface area contributed by atoms with Crippen LogP contribution in [0.25, 0.3) is 5.57 Å². The lowest BCUT2D eigenvalue weighted by Crippen LogP contribution is -2.45. The molecule has 21 heavy (non-hydrogen) atoms. The number of hydroxylamine groups is 2. The first-order chi connectivity index (χ1) is 9.80. The fraction of sp³-hybridized carbons (Fsp3) is 0.400. The molecule has 0 bridgehead atoms. The van der Waals surface area contributed by atoms with Gasteiger partial charge in [-0.25, -0.2) is 9.90 Å². The average Bonchev–Trinajstić information content (AvgIpc) is 2.60. The third kappa shape index (κ3) is 2.64. The molecule has 0 aliphatic carbocycles. The molecular weight excluding hydrogens is 294 g/mol. The average molecular weight is 312 g/mol. The monoisotopic (exact) mass is 311 g/mol. The number of methoxy groups -OCH3 is 1. The van der Waals surface area contributed by atoms with Crippen molar-refractivity contribution < 1.29 is 19.5 Å². The normalized spacial score (nSPS) is 19.3. The SMILES string of the molecule is COC(C)ON1C(=O)C(c2ccccc2Cl)=C(O)C1(C)C. The standard InChI is InChI=1S/C15H18ClNO4/c1-9(20-4)21-17-14(19)12(13(18)15(17,2)3)10-7-5-6-8-11(10)16/h5-9,18H,1-4H3. The molecule has 1 aliphatic rings. The van der Waals surface area contributed by atoms with Crippen LogP contribution in [-0.2, 0) is 14.4 Å². The van der Waals surface area contributed by atoms with Crippen molar-refractivity contribution in [1.29, 1.82) is 0 Å². The van der Waals surface area contributed by atoms with E-state index in [0.29, 0.717) is 10.6 Å². The van der Waals surface area contributed by atoms with Gasteiger partial charge in [-0.1, -0.05) is 29.8 Å². The Morgan fingerprint density at radius 2 is 1.95 bits per heavy atom. The number of carbonyl (C=O) groups is 1. The number of aliphatic hydroxyl groups excluding tert-OH is 1. The van der Waals surface area contributed by atoms with Crippen LogP contribution >= 0.6 is 11.6 Å². The van der Waals surface area contributed by atoms with E-state index < -0.39 is 17.7 Å². The van der Waals surface area contributed by atoms with E-state index in [9.17, 15) is 9.90 Å². The van der Waals surface area contributed by atoms with E-state index in [4.69, 9.17) is 21.2 Å². The summed E-state index contributed by atoms with van der Waals surface area (Å²) in [5, 5.41) is 12.0. The summed E-state index contributed by atoms with van der Waals surface area (Å²) in [6.07, 6.45) is -0.619. The van der Waals surface area contributed by atoms with Crippen LogP contribution in [0, 0.1) is 0 Å². The highest BCUT2D eigenvalue weighted by Gasteiger charge is 2.48. The van der Waals surface area contributed by atoms with Crippen LogP contribution in [0.4, 0.5) is 0 Å². The molecule has 5 nitrogen and oxygen atoms in total. The van der Waals surface area contributed by atoms with Gasteiger partial charge in [0.05, 0.1) is 5.57 Å². The van der Waals surface area contributed by atoms with Crippen LogP contribution in [0.5, 0.6) is 0 Å². The molecule has 0 saturated heterocycles. The van der Waals surface area contributed by atoms with Gasteiger partial charge in [0.25, 0.3) is 5.91 Å². The summed E-state index contributed by atoms with van der Waals surface area (Å²) < 4.78 is 5.01. The number of carbonyl (C=O) groups excluding carboxylic acids is 1. The van der Waals surface area contributed by atoms with Crippen molar-refractivity contribution in [3.8, 4) is 0 Å². The molecule has 0 fully saturated rings. The third-order valence-corrected chi connectivity index (χ3v) is 3.78. The molecule has 114 valence electrons. The Kier molecular flexibility index (Phi) is 4.27. The molecule has 1 amide bonds. The molecule has 1 unspecified atom stereocenters. The van der Waals surface area contributed by atoms with Crippen molar-refractivity contribution in [2.24, 2.45) is 0 Å². The van der Waals surface area contributed by atoms with E-state index >= 15 is 0 Å². The predicted octanol–water partition coefficient (Wildman–Crippen LogP) is 3.15. The highest BCUT2D eigenvalue weighted by Crippen LogP contribution is 2.40. The second-order valence-corrected chi connectivity index (χ2v) is 5.68. The van der Waals surface area contributed by atoms with Gasteiger partial charge in [-0.15, -0.1) is 0 Å². The Hall–Kier alpha value is -1.56. The van der Waals surface area contributed by atoms with Crippen molar-refractivity contribution in [1.82, 2.24) is 5.06 Å². The topological polar surface area (TPSA) is 59.0 Å². The van der Waals surface area contributed by atoms with Gasteiger partial charge in [-0.3, -0.25) is 4.79 Å². The quantitative estimate of drug-likeness (QED) is 0.868. The molecule has 0 aromatic heterocycles. The summed E-state index contributed by atoms with van der Waals surface area (Å²) >= 11 is 6.13. The molecule has 1 aliphatic heterocycles. The number of nitrogens with zero attached hydrogens (tertiary/aromatic N) is 1. The van der Waals surface area contributed by atoms with Crippen LogP contribution in [-0.4, -0.2) is 35.0 Å². The molecule has 1 aromatic rings. The van der Waals surface area contributed by atoms with Gasteiger partial charge in [0, 0.05) is 17.7 Å². The van der Waals surface area contributed by atoms with Gasteiger partial charge >= 0.3 is 0 Å². The zero-order valence-corrected chi connectivity index (χ0v) is 13.1. The maximum absolute atomic E-state index is 12.6. The summed E-state index contributed by atoms with van der Waals surface area (Å²) in [4.78, 5) is 18.1. The Morgan fingerprint density at radius 3 is 2.52 bits per heavy atom. The van der Waals surface area contributed by atoms with E-state index in [0.717, 1.165) is 5.06 Å². The number of rotatable bonds is 4. The molecule has 2 rings (SSSR count). The molecule has 1 N–H and O–H groups in total. The molecule has 1 heterocycles. The minimum atomic E-state index is -1.00. The molecule has 6 heteroatoms.